The molecule has 0 fully saturated rings. The molecule has 0 aromatic heterocycles. The zero-order chi connectivity index (χ0) is 20.5. The second kappa shape index (κ2) is 10.4. The van der Waals surface area contributed by atoms with Crippen LogP contribution in [-0.4, -0.2) is 32.7 Å². The van der Waals surface area contributed by atoms with E-state index in [9.17, 15) is 9.59 Å². The van der Waals surface area contributed by atoms with Crippen molar-refractivity contribution in [2.75, 3.05) is 20.8 Å². The van der Waals surface area contributed by atoms with Gasteiger partial charge < -0.3 is 19.5 Å². The first-order chi connectivity index (χ1) is 13.4. The molecule has 28 heavy (non-hydrogen) atoms. The number of carbonyl (C=O) groups is 2. The lowest BCUT2D eigenvalue weighted by Gasteiger charge is -2.10. The molecule has 0 radical (unpaired) electrons. The topological polar surface area (TPSA) is 73.9 Å². The van der Waals surface area contributed by atoms with Crippen molar-refractivity contribution in [1.29, 1.82) is 0 Å². The Kier molecular flexibility index (Phi) is 7.89. The third-order valence-electron chi connectivity index (χ3n) is 3.82. The normalized spacial score (nSPS) is 10.6. The summed E-state index contributed by atoms with van der Waals surface area (Å²) in [6.07, 6.45) is 2.73. The van der Waals surface area contributed by atoms with Gasteiger partial charge in [-0.2, -0.15) is 0 Å². The summed E-state index contributed by atoms with van der Waals surface area (Å²) in [6, 6.07) is 11.1. The average molecular weight is 404 g/mol. The summed E-state index contributed by atoms with van der Waals surface area (Å²) in [5.74, 6) is -0.166. The SMILES string of the molecule is COc1cc(C=CC(=O)OCC(=O)NCc2ccc(C)cc2)cc(Cl)c1OC. The van der Waals surface area contributed by atoms with Crippen molar-refractivity contribution < 1.29 is 23.8 Å². The van der Waals surface area contributed by atoms with Gasteiger partial charge in [0.15, 0.2) is 18.1 Å². The number of methoxy groups -OCH3 is 2. The van der Waals surface area contributed by atoms with E-state index in [2.05, 4.69) is 5.32 Å². The van der Waals surface area contributed by atoms with E-state index in [0.29, 0.717) is 28.6 Å². The van der Waals surface area contributed by atoms with Gasteiger partial charge in [0.25, 0.3) is 5.91 Å². The molecule has 0 aliphatic carbocycles. The number of hydrogen-bond acceptors (Lipinski definition) is 5. The van der Waals surface area contributed by atoms with Crippen LogP contribution in [0.15, 0.2) is 42.5 Å². The first kappa shape index (κ1) is 21.3. The lowest BCUT2D eigenvalue weighted by molar-refractivity contribution is -0.143. The number of ether oxygens (including phenoxy) is 3. The van der Waals surface area contributed by atoms with E-state index in [0.717, 1.165) is 11.1 Å². The second-order valence-corrected chi connectivity index (χ2v) is 6.35. The summed E-state index contributed by atoms with van der Waals surface area (Å²) in [5, 5.41) is 3.05. The van der Waals surface area contributed by atoms with Gasteiger partial charge in [-0.15, -0.1) is 0 Å². The fraction of sp³-hybridized carbons (Fsp3) is 0.238. The molecule has 1 amide bonds. The van der Waals surface area contributed by atoms with Crippen molar-refractivity contribution in [3.8, 4) is 11.5 Å². The smallest absolute Gasteiger partial charge is 0.331 e. The average Bonchev–Trinajstić information content (AvgIpc) is 2.69. The first-order valence-corrected chi connectivity index (χ1v) is 8.89. The number of rotatable bonds is 8. The van der Waals surface area contributed by atoms with Gasteiger partial charge in [-0.25, -0.2) is 4.79 Å². The van der Waals surface area contributed by atoms with Gasteiger partial charge in [0.1, 0.15) is 0 Å². The van der Waals surface area contributed by atoms with Crippen molar-refractivity contribution in [3.05, 3.63) is 64.2 Å². The molecule has 0 unspecified atom stereocenters. The molecule has 2 aromatic rings. The number of aryl methyl sites for hydroxylation is 1. The molecule has 0 atom stereocenters. The Morgan fingerprint density at radius 2 is 1.82 bits per heavy atom. The van der Waals surface area contributed by atoms with Crippen LogP contribution in [-0.2, 0) is 20.9 Å². The fourth-order valence-electron chi connectivity index (χ4n) is 2.34. The molecule has 2 rings (SSSR count). The van der Waals surface area contributed by atoms with E-state index in [1.54, 1.807) is 12.1 Å². The summed E-state index contributed by atoms with van der Waals surface area (Å²) in [4.78, 5) is 23.6. The summed E-state index contributed by atoms with van der Waals surface area (Å²) >= 11 is 6.12. The number of carbonyl (C=O) groups excluding carboxylic acids is 2. The van der Waals surface area contributed by atoms with Gasteiger partial charge in [0.2, 0.25) is 0 Å². The minimum absolute atomic E-state index is 0.352. The van der Waals surface area contributed by atoms with Crippen LogP contribution in [0.5, 0.6) is 11.5 Å². The molecule has 0 aliphatic heterocycles. The molecule has 1 N–H and O–H groups in total. The van der Waals surface area contributed by atoms with Crippen molar-refractivity contribution in [1.82, 2.24) is 5.32 Å². The third kappa shape index (κ3) is 6.32. The Labute approximate surface area is 169 Å². The summed E-state index contributed by atoms with van der Waals surface area (Å²) in [7, 11) is 2.98. The lowest BCUT2D eigenvalue weighted by Crippen LogP contribution is -2.28. The number of esters is 1. The zero-order valence-electron chi connectivity index (χ0n) is 16.0. The van der Waals surface area contributed by atoms with Crippen molar-refractivity contribution in [2.45, 2.75) is 13.5 Å². The highest BCUT2D eigenvalue weighted by molar-refractivity contribution is 6.32. The zero-order valence-corrected chi connectivity index (χ0v) is 16.7. The molecule has 148 valence electrons. The summed E-state index contributed by atoms with van der Waals surface area (Å²) < 4.78 is 15.3. The summed E-state index contributed by atoms with van der Waals surface area (Å²) in [6.45, 7) is 2.00. The summed E-state index contributed by atoms with van der Waals surface area (Å²) in [5.41, 5.74) is 2.74. The number of halogens is 1. The van der Waals surface area contributed by atoms with Gasteiger partial charge in [0, 0.05) is 12.6 Å². The molecule has 2 aromatic carbocycles. The molecule has 0 spiro atoms. The monoisotopic (exact) mass is 403 g/mol. The lowest BCUT2D eigenvalue weighted by atomic mass is 10.1. The highest BCUT2D eigenvalue weighted by Gasteiger charge is 2.10. The Balaban J connectivity index is 1.84. The Hall–Kier alpha value is -2.99. The molecule has 0 heterocycles. The second-order valence-electron chi connectivity index (χ2n) is 5.94. The first-order valence-electron chi connectivity index (χ1n) is 8.51. The molecular weight excluding hydrogens is 382 g/mol. The quantitative estimate of drug-likeness (QED) is 0.539. The predicted octanol–water partition coefficient (Wildman–Crippen LogP) is 3.54. The largest absolute Gasteiger partial charge is 0.493 e. The number of benzene rings is 2. The molecule has 0 saturated carbocycles. The van der Waals surface area contributed by atoms with E-state index in [-0.39, 0.29) is 12.5 Å². The van der Waals surface area contributed by atoms with Crippen molar-refractivity contribution in [2.24, 2.45) is 0 Å². The van der Waals surface area contributed by atoms with Gasteiger partial charge in [0.05, 0.1) is 19.2 Å². The van der Waals surface area contributed by atoms with E-state index >= 15 is 0 Å². The van der Waals surface area contributed by atoms with Crippen LogP contribution < -0.4 is 14.8 Å². The minimum Gasteiger partial charge on any atom is -0.493 e. The van der Waals surface area contributed by atoms with Crippen LogP contribution in [0, 0.1) is 6.92 Å². The van der Waals surface area contributed by atoms with Crippen LogP contribution >= 0.6 is 11.6 Å². The number of nitrogens with one attached hydrogen (secondary N) is 1. The Morgan fingerprint density at radius 3 is 2.46 bits per heavy atom. The maximum Gasteiger partial charge on any atom is 0.331 e. The van der Waals surface area contributed by atoms with Crippen molar-refractivity contribution >= 4 is 29.6 Å². The van der Waals surface area contributed by atoms with Crippen molar-refractivity contribution in [3.63, 3.8) is 0 Å². The third-order valence-corrected chi connectivity index (χ3v) is 4.10. The van der Waals surface area contributed by atoms with Gasteiger partial charge in [-0.05, 0) is 36.3 Å². The van der Waals surface area contributed by atoms with E-state index in [1.807, 2.05) is 31.2 Å². The highest BCUT2D eigenvalue weighted by atomic mass is 35.5. The van der Waals surface area contributed by atoms with Gasteiger partial charge in [-0.3, -0.25) is 4.79 Å². The van der Waals surface area contributed by atoms with Crippen LogP contribution in [0.2, 0.25) is 5.02 Å². The molecule has 0 aliphatic rings. The maximum absolute atomic E-state index is 11.8. The molecule has 0 bridgehead atoms. The van der Waals surface area contributed by atoms with Crippen LogP contribution in [0.1, 0.15) is 16.7 Å². The highest BCUT2D eigenvalue weighted by Crippen LogP contribution is 2.36. The molecular formula is C21H22ClNO5. The predicted molar refractivity (Wildman–Crippen MR) is 108 cm³/mol. The van der Waals surface area contributed by atoms with Crippen LogP contribution in [0.3, 0.4) is 0 Å². The van der Waals surface area contributed by atoms with E-state index < -0.39 is 5.97 Å². The van der Waals surface area contributed by atoms with Gasteiger partial charge >= 0.3 is 5.97 Å². The minimum atomic E-state index is -0.642. The molecule has 7 heteroatoms. The van der Waals surface area contributed by atoms with Gasteiger partial charge in [-0.1, -0.05) is 41.4 Å². The standard InChI is InChI=1S/C21H22ClNO5/c1-14-4-6-15(7-5-14)12-23-19(24)13-28-20(25)9-8-16-10-17(22)21(27-3)18(11-16)26-2/h4-11H,12-13H2,1-3H3,(H,23,24). The van der Waals surface area contributed by atoms with Crippen LogP contribution in [0.4, 0.5) is 0 Å². The number of hydrogen-bond donors (Lipinski definition) is 1. The fourth-order valence-corrected chi connectivity index (χ4v) is 2.64. The Morgan fingerprint density at radius 1 is 1.11 bits per heavy atom. The number of amides is 1. The maximum atomic E-state index is 11.8. The van der Waals surface area contributed by atoms with E-state index in [4.69, 9.17) is 25.8 Å². The van der Waals surface area contributed by atoms with Crippen LogP contribution in [0.25, 0.3) is 6.08 Å². The Bertz CT molecular complexity index is 862. The molecule has 0 saturated heterocycles. The molecule has 6 nitrogen and oxygen atoms in total. The van der Waals surface area contributed by atoms with E-state index in [1.165, 1.54) is 26.4 Å².